The molecule has 0 radical (unpaired) electrons. The highest BCUT2D eigenvalue weighted by molar-refractivity contribution is 5.93. The van der Waals surface area contributed by atoms with Gasteiger partial charge in [-0.05, 0) is 52.1 Å². The molecule has 104 valence electrons. The van der Waals surface area contributed by atoms with Crippen LogP contribution in [0.2, 0.25) is 0 Å². The van der Waals surface area contributed by atoms with Gasteiger partial charge in [0.2, 0.25) is 5.91 Å². The maximum Gasteiger partial charge on any atom is 0.247 e. The van der Waals surface area contributed by atoms with Gasteiger partial charge in [0.1, 0.15) is 0 Å². The zero-order chi connectivity index (χ0) is 13.5. The highest BCUT2D eigenvalue weighted by Crippen LogP contribution is 2.17. The Morgan fingerprint density at radius 1 is 1.39 bits per heavy atom. The summed E-state index contributed by atoms with van der Waals surface area (Å²) < 4.78 is 0. The normalized spacial score (nSPS) is 17.8. The largest absolute Gasteiger partial charge is 0.348 e. The first-order valence-corrected chi connectivity index (χ1v) is 7.13. The van der Waals surface area contributed by atoms with Gasteiger partial charge in [0.15, 0.2) is 0 Å². The summed E-state index contributed by atoms with van der Waals surface area (Å²) in [7, 11) is 4.11. The third-order valence-corrected chi connectivity index (χ3v) is 3.26. The Bertz CT molecular complexity index is 285. The van der Waals surface area contributed by atoms with Crippen LogP contribution in [0, 0.1) is 5.92 Å². The number of nitrogens with zero attached hydrogens (tertiary/aromatic N) is 1. The van der Waals surface area contributed by atoms with Crippen molar-refractivity contribution in [3.63, 3.8) is 0 Å². The number of carbonyl (C=O) groups excluding carboxylic acids is 1. The molecule has 0 spiro atoms. The average Bonchev–Trinajstić information content (AvgIpc) is 2.28. The van der Waals surface area contributed by atoms with Gasteiger partial charge in [-0.1, -0.05) is 19.9 Å². The Kier molecular flexibility index (Phi) is 6.41. The van der Waals surface area contributed by atoms with Crippen LogP contribution in [0.5, 0.6) is 0 Å². The van der Waals surface area contributed by atoms with Crippen molar-refractivity contribution in [3.05, 3.63) is 11.6 Å². The van der Waals surface area contributed by atoms with Crippen molar-refractivity contribution < 1.29 is 4.79 Å². The highest BCUT2D eigenvalue weighted by atomic mass is 16.1. The molecule has 0 saturated heterocycles. The molecule has 1 atom stereocenters. The van der Waals surface area contributed by atoms with E-state index in [2.05, 4.69) is 44.2 Å². The second-order valence-electron chi connectivity index (χ2n) is 6.04. The number of allylic oxidation sites excluding steroid dienone is 1. The van der Waals surface area contributed by atoms with Gasteiger partial charge in [0.05, 0.1) is 0 Å². The zero-order valence-electron chi connectivity index (χ0n) is 12.3. The van der Waals surface area contributed by atoms with E-state index in [-0.39, 0.29) is 11.9 Å². The van der Waals surface area contributed by atoms with E-state index in [1.165, 1.54) is 6.42 Å². The predicted molar refractivity (Wildman–Crippen MR) is 76.5 cm³/mol. The molecule has 0 saturated carbocycles. The van der Waals surface area contributed by atoms with Crippen molar-refractivity contribution in [1.29, 1.82) is 0 Å². The molecule has 0 aliphatic heterocycles. The minimum Gasteiger partial charge on any atom is -0.348 e. The lowest BCUT2D eigenvalue weighted by atomic mass is 9.98. The molecule has 0 aromatic rings. The monoisotopic (exact) mass is 252 g/mol. The van der Waals surface area contributed by atoms with E-state index >= 15 is 0 Å². The number of nitrogens with one attached hydrogen (secondary N) is 1. The molecule has 0 aromatic carbocycles. The first kappa shape index (κ1) is 15.2. The number of carbonyl (C=O) groups is 1. The van der Waals surface area contributed by atoms with E-state index in [1.807, 2.05) is 0 Å². The smallest absolute Gasteiger partial charge is 0.247 e. The van der Waals surface area contributed by atoms with Gasteiger partial charge in [0, 0.05) is 18.2 Å². The summed E-state index contributed by atoms with van der Waals surface area (Å²) in [6.07, 6.45) is 7.54. The predicted octanol–water partition coefficient (Wildman–Crippen LogP) is 2.58. The first-order valence-electron chi connectivity index (χ1n) is 7.13. The molecular weight excluding hydrogens is 224 g/mol. The Hall–Kier alpha value is -0.830. The van der Waals surface area contributed by atoms with Crippen molar-refractivity contribution in [1.82, 2.24) is 10.2 Å². The van der Waals surface area contributed by atoms with Crippen LogP contribution in [-0.2, 0) is 4.79 Å². The van der Waals surface area contributed by atoms with Gasteiger partial charge in [-0.15, -0.1) is 0 Å². The maximum atomic E-state index is 12.2. The number of hydrogen-bond donors (Lipinski definition) is 1. The molecule has 3 nitrogen and oxygen atoms in total. The maximum absolute atomic E-state index is 12.2. The van der Waals surface area contributed by atoms with Crippen molar-refractivity contribution in [2.45, 2.75) is 52.0 Å². The average molecular weight is 252 g/mol. The van der Waals surface area contributed by atoms with Crippen LogP contribution in [0.4, 0.5) is 0 Å². The van der Waals surface area contributed by atoms with Gasteiger partial charge >= 0.3 is 0 Å². The SMILES string of the molecule is CC(C)C[C@@H](CN(C)C)NC(=O)C1=CCCCC1. The van der Waals surface area contributed by atoms with Crippen LogP contribution < -0.4 is 5.32 Å². The van der Waals surface area contributed by atoms with E-state index in [4.69, 9.17) is 0 Å². The fourth-order valence-electron chi connectivity index (χ4n) is 2.51. The summed E-state index contributed by atoms with van der Waals surface area (Å²) in [5, 5.41) is 3.20. The zero-order valence-corrected chi connectivity index (χ0v) is 12.3. The molecule has 1 rings (SSSR count). The van der Waals surface area contributed by atoms with Gasteiger partial charge in [0.25, 0.3) is 0 Å². The Morgan fingerprint density at radius 3 is 2.61 bits per heavy atom. The van der Waals surface area contributed by atoms with Crippen LogP contribution in [0.3, 0.4) is 0 Å². The molecule has 1 amide bonds. The third-order valence-electron chi connectivity index (χ3n) is 3.26. The minimum absolute atomic E-state index is 0.155. The fraction of sp³-hybridized carbons (Fsp3) is 0.800. The first-order chi connectivity index (χ1) is 8.49. The summed E-state index contributed by atoms with van der Waals surface area (Å²) in [6.45, 7) is 5.32. The van der Waals surface area contributed by atoms with E-state index < -0.39 is 0 Å². The highest BCUT2D eigenvalue weighted by Gasteiger charge is 2.18. The van der Waals surface area contributed by atoms with Crippen molar-refractivity contribution in [2.24, 2.45) is 5.92 Å². The van der Waals surface area contributed by atoms with Crippen LogP contribution in [0.1, 0.15) is 46.0 Å². The fourth-order valence-corrected chi connectivity index (χ4v) is 2.51. The summed E-state index contributed by atoms with van der Waals surface area (Å²) in [5.74, 6) is 0.762. The molecule has 0 aromatic heterocycles. The van der Waals surface area contributed by atoms with E-state index in [0.29, 0.717) is 5.92 Å². The van der Waals surface area contributed by atoms with Crippen molar-refractivity contribution in [3.8, 4) is 0 Å². The summed E-state index contributed by atoms with van der Waals surface area (Å²) in [6, 6.07) is 0.260. The lowest BCUT2D eigenvalue weighted by Crippen LogP contribution is -2.43. The summed E-state index contributed by atoms with van der Waals surface area (Å²) in [5.41, 5.74) is 0.994. The molecular formula is C15H28N2O. The van der Waals surface area contributed by atoms with E-state index in [9.17, 15) is 4.79 Å². The van der Waals surface area contributed by atoms with E-state index in [1.54, 1.807) is 0 Å². The Labute approximate surface area is 112 Å². The lowest BCUT2D eigenvalue weighted by molar-refractivity contribution is -0.118. The molecule has 0 unspecified atom stereocenters. The second kappa shape index (κ2) is 7.57. The summed E-state index contributed by atoms with van der Waals surface area (Å²) in [4.78, 5) is 14.3. The van der Waals surface area contributed by atoms with E-state index in [0.717, 1.165) is 37.8 Å². The molecule has 0 fully saturated rings. The third kappa shape index (κ3) is 5.67. The van der Waals surface area contributed by atoms with Gasteiger partial charge in [-0.2, -0.15) is 0 Å². The van der Waals surface area contributed by atoms with Crippen molar-refractivity contribution >= 4 is 5.91 Å². The minimum atomic E-state index is 0.155. The number of amides is 1. The molecule has 1 aliphatic carbocycles. The number of rotatable bonds is 6. The van der Waals surface area contributed by atoms with Gasteiger partial charge < -0.3 is 10.2 Å². The van der Waals surface area contributed by atoms with Crippen LogP contribution in [0.25, 0.3) is 0 Å². The van der Waals surface area contributed by atoms with Crippen LogP contribution >= 0.6 is 0 Å². The van der Waals surface area contributed by atoms with Crippen LogP contribution in [0.15, 0.2) is 11.6 Å². The molecule has 0 heterocycles. The molecule has 3 heteroatoms. The second-order valence-corrected chi connectivity index (χ2v) is 6.04. The molecule has 18 heavy (non-hydrogen) atoms. The molecule has 0 bridgehead atoms. The number of hydrogen-bond acceptors (Lipinski definition) is 2. The standard InChI is InChI=1S/C15H28N2O/c1-12(2)10-14(11-17(3)4)16-15(18)13-8-6-5-7-9-13/h8,12,14H,5-7,9-11H2,1-4H3,(H,16,18)/t14-/m0/s1. The summed E-state index contributed by atoms with van der Waals surface area (Å²) >= 11 is 0. The van der Waals surface area contributed by atoms with Gasteiger partial charge in [-0.25, -0.2) is 0 Å². The lowest BCUT2D eigenvalue weighted by Gasteiger charge is -2.25. The topological polar surface area (TPSA) is 32.3 Å². The Morgan fingerprint density at radius 2 is 2.11 bits per heavy atom. The van der Waals surface area contributed by atoms with Gasteiger partial charge in [-0.3, -0.25) is 4.79 Å². The quantitative estimate of drug-likeness (QED) is 0.788. The number of likely N-dealkylation sites (N-methyl/N-ethyl adjacent to an activating group) is 1. The van der Waals surface area contributed by atoms with Crippen molar-refractivity contribution in [2.75, 3.05) is 20.6 Å². The van der Waals surface area contributed by atoms with Crippen LogP contribution in [-0.4, -0.2) is 37.5 Å². The molecule has 1 N–H and O–H groups in total. The Balaban J connectivity index is 2.52. The molecule has 1 aliphatic rings.